The van der Waals surface area contributed by atoms with E-state index in [1.54, 1.807) is 0 Å². The summed E-state index contributed by atoms with van der Waals surface area (Å²) in [5.74, 6) is 0. The third kappa shape index (κ3) is 8.10. The fourth-order valence-corrected chi connectivity index (χ4v) is 2.36. The van der Waals surface area contributed by atoms with Gasteiger partial charge >= 0.3 is 0 Å². The van der Waals surface area contributed by atoms with Crippen molar-refractivity contribution in [1.82, 2.24) is 5.32 Å². The summed E-state index contributed by atoms with van der Waals surface area (Å²) in [6.45, 7) is 13.1. The van der Waals surface area contributed by atoms with E-state index in [1.165, 1.54) is 44.9 Å². The van der Waals surface area contributed by atoms with Gasteiger partial charge in [0.15, 0.2) is 0 Å². The van der Waals surface area contributed by atoms with E-state index < -0.39 is 0 Å². The molecule has 0 rings (SSSR count). The summed E-state index contributed by atoms with van der Waals surface area (Å²) in [7, 11) is 0. The van der Waals surface area contributed by atoms with Crippen LogP contribution in [0, 0.1) is 5.41 Å². The van der Waals surface area contributed by atoms with Crippen LogP contribution in [-0.2, 0) is 4.74 Å². The zero-order valence-electron chi connectivity index (χ0n) is 13.2. The van der Waals surface area contributed by atoms with Crippen LogP contribution in [0.25, 0.3) is 0 Å². The fourth-order valence-electron chi connectivity index (χ4n) is 2.36. The summed E-state index contributed by atoms with van der Waals surface area (Å²) in [6, 6.07) is 0. The van der Waals surface area contributed by atoms with Crippen molar-refractivity contribution in [3.63, 3.8) is 0 Å². The highest BCUT2D eigenvalue weighted by Crippen LogP contribution is 2.32. The number of hydrogen-bond donors (Lipinski definition) is 1. The molecule has 1 unspecified atom stereocenters. The summed E-state index contributed by atoms with van der Waals surface area (Å²) in [5.41, 5.74) is 0.457. The molecule has 110 valence electrons. The molecular weight excluding hydrogens is 222 g/mol. The van der Waals surface area contributed by atoms with Crippen LogP contribution in [0.2, 0.25) is 0 Å². The van der Waals surface area contributed by atoms with Crippen molar-refractivity contribution in [2.24, 2.45) is 5.41 Å². The molecule has 2 nitrogen and oxygen atoms in total. The van der Waals surface area contributed by atoms with Crippen molar-refractivity contribution in [3.05, 3.63) is 0 Å². The van der Waals surface area contributed by atoms with E-state index in [9.17, 15) is 0 Å². The summed E-state index contributed by atoms with van der Waals surface area (Å²) < 4.78 is 5.76. The Morgan fingerprint density at radius 3 is 2.17 bits per heavy atom. The highest BCUT2D eigenvalue weighted by molar-refractivity contribution is 4.80. The molecule has 0 aliphatic rings. The first-order valence-electron chi connectivity index (χ1n) is 8.03. The van der Waals surface area contributed by atoms with Crippen LogP contribution >= 0.6 is 0 Å². The molecule has 0 aliphatic heterocycles. The van der Waals surface area contributed by atoms with Crippen molar-refractivity contribution in [2.45, 2.75) is 72.6 Å². The van der Waals surface area contributed by atoms with Crippen LogP contribution in [-0.4, -0.2) is 26.3 Å². The second kappa shape index (κ2) is 12.0. The van der Waals surface area contributed by atoms with Gasteiger partial charge in [0, 0.05) is 19.8 Å². The van der Waals surface area contributed by atoms with Crippen LogP contribution in [0.5, 0.6) is 0 Å². The molecule has 0 saturated heterocycles. The zero-order valence-corrected chi connectivity index (χ0v) is 13.2. The molecule has 0 spiro atoms. The first-order valence-corrected chi connectivity index (χ1v) is 8.03. The van der Waals surface area contributed by atoms with Crippen LogP contribution in [0.15, 0.2) is 0 Å². The number of nitrogens with one attached hydrogen (secondary N) is 1. The molecule has 0 radical (unpaired) electrons. The first kappa shape index (κ1) is 17.9. The Kier molecular flexibility index (Phi) is 11.9. The second-order valence-corrected chi connectivity index (χ2v) is 5.45. The van der Waals surface area contributed by atoms with E-state index in [0.29, 0.717) is 5.41 Å². The molecule has 18 heavy (non-hydrogen) atoms. The van der Waals surface area contributed by atoms with Gasteiger partial charge in [-0.2, -0.15) is 0 Å². The van der Waals surface area contributed by atoms with Gasteiger partial charge < -0.3 is 10.1 Å². The van der Waals surface area contributed by atoms with Crippen LogP contribution in [0.1, 0.15) is 72.6 Å². The molecule has 2 heteroatoms. The lowest BCUT2D eigenvalue weighted by Crippen LogP contribution is -2.35. The Balaban J connectivity index is 4.07. The average Bonchev–Trinajstić information content (AvgIpc) is 2.41. The lowest BCUT2D eigenvalue weighted by atomic mass is 9.77. The Bertz CT molecular complexity index is 162. The lowest BCUT2D eigenvalue weighted by molar-refractivity contribution is 0.0833. The number of hydrogen-bond acceptors (Lipinski definition) is 2. The van der Waals surface area contributed by atoms with Crippen LogP contribution in [0.4, 0.5) is 0 Å². The number of ether oxygens (including phenoxy) is 1. The quantitative estimate of drug-likeness (QED) is 0.494. The van der Waals surface area contributed by atoms with Gasteiger partial charge in [-0.1, -0.05) is 47.0 Å². The smallest absolute Gasteiger partial charge is 0.0471 e. The summed E-state index contributed by atoms with van der Waals surface area (Å²) in [6.07, 6.45) is 8.87. The Hall–Kier alpha value is -0.0800. The molecule has 0 aromatic heterocycles. The third-order valence-corrected chi connectivity index (χ3v) is 3.98. The minimum Gasteiger partial charge on any atom is -0.381 e. The van der Waals surface area contributed by atoms with Crippen molar-refractivity contribution in [1.29, 1.82) is 0 Å². The van der Waals surface area contributed by atoms with E-state index >= 15 is 0 Å². The Morgan fingerprint density at radius 2 is 1.61 bits per heavy atom. The van der Waals surface area contributed by atoms with Crippen molar-refractivity contribution < 1.29 is 4.74 Å². The SMILES string of the molecule is CCCCOCCC(CC)(CCCC)CNCC. The molecule has 0 saturated carbocycles. The Labute approximate surface area is 115 Å². The largest absolute Gasteiger partial charge is 0.381 e. The third-order valence-electron chi connectivity index (χ3n) is 3.98. The molecule has 0 amide bonds. The maximum absolute atomic E-state index is 5.76. The topological polar surface area (TPSA) is 21.3 Å². The molecule has 0 fully saturated rings. The van der Waals surface area contributed by atoms with Crippen molar-refractivity contribution >= 4 is 0 Å². The normalized spacial score (nSPS) is 14.7. The maximum Gasteiger partial charge on any atom is 0.0471 e. The monoisotopic (exact) mass is 257 g/mol. The number of rotatable bonds is 13. The van der Waals surface area contributed by atoms with Crippen LogP contribution < -0.4 is 5.32 Å². The zero-order chi connectivity index (χ0) is 13.7. The van der Waals surface area contributed by atoms with Gasteiger partial charge in [-0.15, -0.1) is 0 Å². The average molecular weight is 257 g/mol. The Morgan fingerprint density at radius 1 is 0.889 bits per heavy atom. The maximum atomic E-state index is 5.76. The molecular formula is C16H35NO. The minimum atomic E-state index is 0.457. The van der Waals surface area contributed by atoms with Gasteiger partial charge in [0.25, 0.3) is 0 Å². The highest BCUT2D eigenvalue weighted by Gasteiger charge is 2.26. The van der Waals surface area contributed by atoms with Crippen molar-refractivity contribution in [3.8, 4) is 0 Å². The first-order chi connectivity index (χ1) is 8.74. The molecule has 0 heterocycles. The molecule has 1 atom stereocenters. The van der Waals surface area contributed by atoms with E-state index in [4.69, 9.17) is 4.74 Å². The van der Waals surface area contributed by atoms with Gasteiger partial charge in [-0.25, -0.2) is 0 Å². The molecule has 1 N–H and O–H groups in total. The summed E-state index contributed by atoms with van der Waals surface area (Å²) >= 11 is 0. The fraction of sp³-hybridized carbons (Fsp3) is 1.00. The highest BCUT2D eigenvalue weighted by atomic mass is 16.5. The molecule has 0 aromatic rings. The second-order valence-electron chi connectivity index (χ2n) is 5.45. The van der Waals surface area contributed by atoms with E-state index in [1.807, 2.05) is 0 Å². The van der Waals surface area contributed by atoms with E-state index in [2.05, 4.69) is 33.0 Å². The number of unbranched alkanes of at least 4 members (excludes halogenated alkanes) is 2. The molecule has 0 aliphatic carbocycles. The summed E-state index contributed by atoms with van der Waals surface area (Å²) in [4.78, 5) is 0. The summed E-state index contributed by atoms with van der Waals surface area (Å²) in [5, 5.41) is 3.55. The van der Waals surface area contributed by atoms with Crippen LogP contribution in [0.3, 0.4) is 0 Å². The van der Waals surface area contributed by atoms with E-state index in [0.717, 1.165) is 26.3 Å². The van der Waals surface area contributed by atoms with Gasteiger partial charge in [0.2, 0.25) is 0 Å². The van der Waals surface area contributed by atoms with Crippen molar-refractivity contribution in [2.75, 3.05) is 26.3 Å². The standard InChI is InChI=1S/C16H35NO/c1-5-9-11-16(7-3,15-17-8-4)12-14-18-13-10-6-2/h17H,5-15H2,1-4H3. The minimum absolute atomic E-state index is 0.457. The van der Waals surface area contributed by atoms with Gasteiger partial charge in [-0.3, -0.25) is 0 Å². The predicted octanol–water partition coefficient (Wildman–Crippen LogP) is 4.39. The molecule has 0 bridgehead atoms. The molecule has 0 aromatic carbocycles. The lowest BCUT2D eigenvalue weighted by Gasteiger charge is -2.33. The van der Waals surface area contributed by atoms with Gasteiger partial charge in [0.1, 0.15) is 0 Å². The van der Waals surface area contributed by atoms with Gasteiger partial charge in [0.05, 0.1) is 0 Å². The van der Waals surface area contributed by atoms with E-state index in [-0.39, 0.29) is 0 Å². The van der Waals surface area contributed by atoms with Gasteiger partial charge in [-0.05, 0) is 37.6 Å². The predicted molar refractivity (Wildman–Crippen MR) is 81.1 cm³/mol.